The van der Waals surface area contributed by atoms with Crippen molar-refractivity contribution in [3.63, 3.8) is 0 Å². The summed E-state index contributed by atoms with van der Waals surface area (Å²) in [7, 11) is 0. The number of rotatable bonds is 11. The second-order valence-corrected chi connectivity index (χ2v) is 12.0. The van der Waals surface area contributed by atoms with Crippen molar-refractivity contribution in [3.8, 4) is 5.69 Å². The van der Waals surface area contributed by atoms with Crippen molar-refractivity contribution in [1.29, 1.82) is 0 Å². The molecule has 0 bridgehead atoms. The van der Waals surface area contributed by atoms with Gasteiger partial charge in [0.05, 0.1) is 35.2 Å². The van der Waals surface area contributed by atoms with Gasteiger partial charge in [0.15, 0.2) is 16.7 Å². The first-order valence-electron chi connectivity index (χ1n) is 13.6. The summed E-state index contributed by atoms with van der Waals surface area (Å²) in [6.07, 6.45) is 4.99. The van der Waals surface area contributed by atoms with E-state index in [4.69, 9.17) is 9.15 Å². The molecule has 1 aliphatic rings. The number of nitro benzene ring substituents is 1. The highest BCUT2D eigenvalue weighted by Crippen LogP contribution is 2.39. The molecule has 13 nitrogen and oxygen atoms in total. The van der Waals surface area contributed by atoms with Gasteiger partial charge in [0, 0.05) is 22.7 Å². The molecule has 0 saturated heterocycles. The minimum absolute atomic E-state index is 0.0334. The van der Waals surface area contributed by atoms with Crippen LogP contribution in [-0.2, 0) is 28.9 Å². The van der Waals surface area contributed by atoms with Crippen molar-refractivity contribution in [2.75, 3.05) is 11.9 Å². The average Bonchev–Trinajstić information content (AvgIpc) is 3.75. The lowest BCUT2D eigenvalue weighted by Crippen LogP contribution is -2.25. The summed E-state index contributed by atoms with van der Waals surface area (Å²) in [6, 6.07) is 8.89. The molecule has 0 radical (unpaired) electrons. The Labute approximate surface area is 254 Å². The Balaban J connectivity index is 1.38. The highest BCUT2D eigenvalue weighted by molar-refractivity contribution is 8.00. The molecule has 0 aliphatic heterocycles. The number of hydrogen-bond donors (Lipinski definition) is 2. The lowest BCUT2D eigenvalue weighted by molar-refractivity contribution is -0.384. The van der Waals surface area contributed by atoms with E-state index in [1.165, 1.54) is 47.9 Å². The molecule has 43 heavy (non-hydrogen) atoms. The number of thiophene rings is 1. The van der Waals surface area contributed by atoms with Gasteiger partial charge in [-0.15, -0.1) is 21.5 Å². The maximum absolute atomic E-state index is 13.4. The topological polar surface area (TPSA) is 171 Å². The molecule has 3 heterocycles. The van der Waals surface area contributed by atoms with Crippen molar-refractivity contribution in [2.45, 2.75) is 56.5 Å². The van der Waals surface area contributed by atoms with Crippen LogP contribution in [0.3, 0.4) is 0 Å². The summed E-state index contributed by atoms with van der Waals surface area (Å²) < 4.78 is 12.1. The third-order valence-corrected chi connectivity index (χ3v) is 8.96. The number of fused-ring (bicyclic) bond motifs is 1. The molecular weight excluding hydrogens is 596 g/mol. The maximum Gasteiger partial charge on any atom is 0.341 e. The second-order valence-electron chi connectivity index (χ2n) is 9.55. The number of anilines is 1. The number of carbonyl (C=O) groups excluding carboxylic acids is 3. The zero-order valence-corrected chi connectivity index (χ0v) is 25.0. The van der Waals surface area contributed by atoms with Gasteiger partial charge in [-0.1, -0.05) is 11.8 Å². The van der Waals surface area contributed by atoms with Gasteiger partial charge in [-0.25, -0.2) is 4.79 Å². The largest absolute Gasteiger partial charge is 0.462 e. The normalized spacial score (nSPS) is 13.2. The molecule has 0 spiro atoms. The van der Waals surface area contributed by atoms with Crippen LogP contribution in [0.1, 0.15) is 63.9 Å². The minimum atomic E-state index is -0.680. The van der Waals surface area contributed by atoms with E-state index in [1.807, 2.05) is 0 Å². The van der Waals surface area contributed by atoms with Crippen LogP contribution in [0.4, 0.5) is 10.7 Å². The summed E-state index contributed by atoms with van der Waals surface area (Å²) >= 11 is 2.52. The molecule has 224 valence electrons. The van der Waals surface area contributed by atoms with Crippen molar-refractivity contribution in [3.05, 3.63) is 80.4 Å². The van der Waals surface area contributed by atoms with Crippen LogP contribution in [0.25, 0.3) is 5.69 Å². The highest BCUT2D eigenvalue weighted by atomic mass is 32.2. The number of aryl methyl sites for hydroxylation is 1. The molecule has 15 heteroatoms. The molecule has 1 aromatic carbocycles. The Kier molecular flexibility index (Phi) is 9.21. The summed E-state index contributed by atoms with van der Waals surface area (Å²) in [4.78, 5) is 50.5. The van der Waals surface area contributed by atoms with E-state index in [9.17, 15) is 24.5 Å². The standard InChI is InChI=1S/C28H28N6O7S2/c1-3-40-27(37)23-19-7-4-5-9-21(19)43-26(23)30-24(35)16(2)42-28-32-31-22(15-29-25(36)20-8-6-14-41-20)33(28)17-10-12-18(13-11-17)34(38)39/h6,8,10-14,16H,3-5,7,9,15H2,1-2H3,(H,29,36)(H,30,35). The first kappa shape index (κ1) is 30.0. The molecular formula is C28H28N6O7S2. The van der Waals surface area contributed by atoms with E-state index in [0.717, 1.165) is 47.9 Å². The Morgan fingerprint density at radius 2 is 1.95 bits per heavy atom. The van der Waals surface area contributed by atoms with E-state index in [-0.39, 0.29) is 30.5 Å². The summed E-state index contributed by atoms with van der Waals surface area (Å²) in [5, 5.41) is 25.5. The zero-order valence-electron chi connectivity index (χ0n) is 23.3. The lowest BCUT2D eigenvalue weighted by Gasteiger charge is -2.14. The fourth-order valence-corrected chi connectivity index (χ4v) is 6.79. The first-order valence-corrected chi connectivity index (χ1v) is 15.3. The lowest BCUT2D eigenvalue weighted by atomic mass is 9.95. The molecule has 2 N–H and O–H groups in total. The monoisotopic (exact) mass is 624 g/mol. The third kappa shape index (κ3) is 6.62. The molecule has 1 atom stereocenters. The van der Waals surface area contributed by atoms with Crippen LogP contribution in [0.15, 0.2) is 52.2 Å². The van der Waals surface area contributed by atoms with E-state index in [0.29, 0.717) is 27.2 Å². The Morgan fingerprint density at radius 3 is 2.65 bits per heavy atom. The third-order valence-electron chi connectivity index (χ3n) is 6.71. The maximum atomic E-state index is 13.4. The number of hydrogen-bond acceptors (Lipinski definition) is 11. The molecule has 3 aromatic heterocycles. The van der Waals surface area contributed by atoms with Gasteiger partial charge in [0.2, 0.25) is 5.91 Å². The molecule has 1 aliphatic carbocycles. The molecule has 2 amide bonds. The van der Waals surface area contributed by atoms with Gasteiger partial charge in [-0.05, 0) is 69.4 Å². The number of esters is 1. The van der Waals surface area contributed by atoms with Crippen LogP contribution < -0.4 is 10.6 Å². The minimum Gasteiger partial charge on any atom is -0.462 e. The number of thioether (sulfide) groups is 1. The Hall–Kier alpha value is -4.50. The van der Waals surface area contributed by atoms with Gasteiger partial charge < -0.3 is 19.8 Å². The van der Waals surface area contributed by atoms with E-state index < -0.39 is 22.0 Å². The van der Waals surface area contributed by atoms with E-state index in [2.05, 4.69) is 20.8 Å². The number of non-ortho nitro benzene ring substituents is 1. The molecule has 4 aromatic rings. The number of nitro groups is 1. The van der Waals surface area contributed by atoms with Gasteiger partial charge >= 0.3 is 5.97 Å². The van der Waals surface area contributed by atoms with Crippen LogP contribution in [0.2, 0.25) is 0 Å². The van der Waals surface area contributed by atoms with Gasteiger partial charge in [0.1, 0.15) is 5.00 Å². The Morgan fingerprint density at radius 1 is 1.19 bits per heavy atom. The predicted octanol–water partition coefficient (Wildman–Crippen LogP) is 4.93. The van der Waals surface area contributed by atoms with Crippen LogP contribution in [0.5, 0.6) is 0 Å². The first-order chi connectivity index (χ1) is 20.8. The number of furan rings is 1. The molecule has 0 fully saturated rings. The van der Waals surface area contributed by atoms with Crippen LogP contribution in [-0.4, -0.2) is 49.3 Å². The van der Waals surface area contributed by atoms with E-state index >= 15 is 0 Å². The predicted molar refractivity (Wildman–Crippen MR) is 159 cm³/mol. The number of ether oxygens (including phenoxy) is 1. The van der Waals surface area contributed by atoms with Crippen molar-refractivity contribution in [2.24, 2.45) is 0 Å². The van der Waals surface area contributed by atoms with Gasteiger partial charge in [-0.3, -0.25) is 24.3 Å². The quantitative estimate of drug-likeness (QED) is 0.101. The summed E-state index contributed by atoms with van der Waals surface area (Å²) in [5.41, 5.74) is 1.78. The number of benzene rings is 1. The van der Waals surface area contributed by atoms with Gasteiger partial charge in [-0.2, -0.15) is 0 Å². The van der Waals surface area contributed by atoms with Crippen molar-refractivity contribution < 1.29 is 28.5 Å². The van der Waals surface area contributed by atoms with Crippen LogP contribution >= 0.6 is 23.1 Å². The zero-order chi connectivity index (χ0) is 30.5. The number of aromatic nitrogens is 3. The number of carbonyl (C=O) groups is 3. The van der Waals surface area contributed by atoms with Crippen molar-refractivity contribution in [1.82, 2.24) is 20.1 Å². The summed E-state index contributed by atoms with van der Waals surface area (Å²) in [5.74, 6) is -0.795. The molecule has 5 rings (SSSR count). The second kappa shape index (κ2) is 13.2. The highest BCUT2D eigenvalue weighted by Gasteiger charge is 2.29. The van der Waals surface area contributed by atoms with Crippen molar-refractivity contribution >= 4 is 51.6 Å². The molecule has 1 unspecified atom stereocenters. The smallest absolute Gasteiger partial charge is 0.341 e. The average molecular weight is 625 g/mol. The summed E-state index contributed by atoms with van der Waals surface area (Å²) in [6.45, 7) is 3.64. The number of amides is 2. The number of nitrogens with one attached hydrogen (secondary N) is 2. The van der Waals surface area contributed by atoms with Gasteiger partial charge in [0.25, 0.3) is 11.6 Å². The SMILES string of the molecule is CCOC(=O)c1c(NC(=O)C(C)Sc2nnc(CNC(=O)c3ccco3)n2-c2ccc([N+](=O)[O-])cc2)sc2c1CCCC2. The Bertz CT molecular complexity index is 1650. The van der Waals surface area contributed by atoms with Crippen LogP contribution in [0, 0.1) is 10.1 Å². The number of nitrogens with zero attached hydrogens (tertiary/aromatic N) is 4. The fourth-order valence-electron chi connectivity index (χ4n) is 4.63. The van der Waals surface area contributed by atoms with E-state index in [1.54, 1.807) is 24.5 Å². The molecule has 0 saturated carbocycles. The fraction of sp³-hybridized carbons (Fsp3) is 0.321.